The van der Waals surface area contributed by atoms with Crippen molar-refractivity contribution in [2.75, 3.05) is 0 Å². The van der Waals surface area contributed by atoms with Crippen LogP contribution in [0, 0.1) is 6.92 Å². The lowest BCUT2D eigenvalue weighted by Crippen LogP contribution is -2.02. The first kappa shape index (κ1) is 14.1. The van der Waals surface area contributed by atoms with Gasteiger partial charge in [-0.1, -0.05) is 6.92 Å². The number of fused-ring (bicyclic) bond motifs is 1. The fourth-order valence-corrected chi connectivity index (χ4v) is 3.31. The summed E-state index contributed by atoms with van der Waals surface area (Å²) >= 11 is 0. The molecule has 0 spiro atoms. The van der Waals surface area contributed by atoms with E-state index in [2.05, 4.69) is 39.2 Å². The number of aromatic amines is 2. The van der Waals surface area contributed by atoms with Crippen molar-refractivity contribution in [3.63, 3.8) is 0 Å². The Morgan fingerprint density at radius 1 is 1.00 bits per heavy atom. The third-order valence-electron chi connectivity index (χ3n) is 4.64. The van der Waals surface area contributed by atoms with Gasteiger partial charge in [-0.2, -0.15) is 10.2 Å². The summed E-state index contributed by atoms with van der Waals surface area (Å²) in [5.41, 5.74) is 8.27. The molecule has 0 aliphatic heterocycles. The van der Waals surface area contributed by atoms with Gasteiger partial charge in [0.1, 0.15) is 22.8 Å². The number of aryl methyl sites for hydroxylation is 2. The molecule has 0 atom stereocenters. The number of nitrogens with zero attached hydrogens (tertiary/aromatic N) is 4. The molecule has 0 saturated heterocycles. The Bertz CT molecular complexity index is 845. The van der Waals surface area contributed by atoms with Crippen LogP contribution in [0.15, 0.2) is 12.4 Å². The molecule has 118 valence electrons. The summed E-state index contributed by atoms with van der Waals surface area (Å²) in [6.45, 7) is 4.19. The van der Waals surface area contributed by atoms with Crippen molar-refractivity contribution >= 4 is 0 Å². The second-order valence-corrected chi connectivity index (χ2v) is 6.06. The van der Waals surface area contributed by atoms with Crippen LogP contribution in [0.2, 0.25) is 0 Å². The molecule has 23 heavy (non-hydrogen) atoms. The van der Waals surface area contributed by atoms with E-state index in [4.69, 9.17) is 4.98 Å². The van der Waals surface area contributed by atoms with Crippen molar-refractivity contribution in [2.45, 2.75) is 46.0 Å². The Morgan fingerprint density at radius 2 is 1.74 bits per heavy atom. The van der Waals surface area contributed by atoms with Crippen molar-refractivity contribution in [2.24, 2.45) is 0 Å². The minimum Gasteiger partial charge on any atom is -0.282 e. The Kier molecular flexibility index (Phi) is 3.44. The lowest BCUT2D eigenvalue weighted by Gasteiger charge is -2.11. The molecule has 0 radical (unpaired) electrons. The zero-order valence-electron chi connectivity index (χ0n) is 13.5. The molecule has 0 fully saturated rings. The molecule has 6 heteroatoms. The minimum absolute atomic E-state index is 0.795. The fourth-order valence-electron chi connectivity index (χ4n) is 3.31. The van der Waals surface area contributed by atoms with Gasteiger partial charge < -0.3 is 0 Å². The Balaban J connectivity index is 1.77. The molecule has 4 rings (SSSR count). The largest absolute Gasteiger partial charge is 0.282 e. The summed E-state index contributed by atoms with van der Waals surface area (Å²) in [6.07, 6.45) is 9.07. The van der Waals surface area contributed by atoms with E-state index < -0.39 is 0 Å². The SMILES string of the molecule is CCc1[nH]nc(-c2cncc(-c3n[nH]c4c3CCCC4)n2)c1C. The molecule has 0 saturated carbocycles. The van der Waals surface area contributed by atoms with E-state index in [1.165, 1.54) is 24.1 Å². The van der Waals surface area contributed by atoms with E-state index in [-0.39, 0.29) is 0 Å². The van der Waals surface area contributed by atoms with Crippen LogP contribution in [0.1, 0.15) is 42.3 Å². The highest BCUT2D eigenvalue weighted by Crippen LogP contribution is 2.29. The molecule has 1 aliphatic carbocycles. The number of hydrogen-bond acceptors (Lipinski definition) is 4. The molecule has 6 nitrogen and oxygen atoms in total. The molecule has 0 bridgehead atoms. The Hall–Kier alpha value is -2.50. The number of hydrogen-bond donors (Lipinski definition) is 2. The van der Waals surface area contributed by atoms with Gasteiger partial charge in [0.25, 0.3) is 0 Å². The van der Waals surface area contributed by atoms with E-state index in [0.29, 0.717) is 0 Å². The quantitative estimate of drug-likeness (QED) is 0.779. The first-order chi connectivity index (χ1) is 11.3. The van der Waals surface area contributed by atoms with Gasteiger partial charge in [0.05, 0.1) is 12.4 Å². The highest BCUT2D eigenvalue weighted by Gasteiger charge is 2.20. The second-order valence-electron chi connectivity index (χ2n) is 6.06. The third-order valence-corrected chi connectivity index (χ3v) is 4.64. The molecule has 2 N–H and O–H groups in total. The molecule has 3 aromatic heterocycles. The van der Waals surface area contributed by atoms with Crippen molar-refractivity contribution < 1.29 is 0 Å². The first-order valence-electron chi connectivity index (χ1n) is 8.20. The van der Waals surface area contributed by atoms with E-state index in [1.54, 1.807) is 12.4 Å². The molecule has 3 aromatic rings. The van der Waals surface area contributed by atoms with Crippen LogP contribution in [-0.4, -0.2) is 30.4 Å². The van der Waals surface area contributed by atoms with Gasteiger partial charge in [0.15, 0.2) is 0 Å². The van der Waals surface area contributed by atoms with Crippen LogP contribution >= 0.6 is 0 Å². The summed E-state index contributed by atoms with van der Waals surface area (Å²) in [5.74, 6) is 0. The van der Waals surface area contributed by atoms with Gasteiger partial charge >= 0.3 is 0 Å². The second kappa shape index (κ2) is 5.61. The Morgan fingerprint density at radius 3 is 2.52 bits per heavy atom. The maximum absolute atomic E-state index is 4.77. The van der Waals surface area contributed by atoms with Crippen molar-refractivity contribution in [3.05, 3.63) is 34.9 Å². The summed E-state index contributed by atoms with van der Waals surface area (Å²) in [6, 6.07) is 0. The highest BCUT2D eigenvalue weighted by molar-refractivity contribution is 5.65. The maximum atomic E-state index is 4.77. The van der Waals surface area contributed by atoms with Crippen molar-refractivity contribution in [3.8, 4) is 22.8 Å². The van der Waals surface area contributed by atoms with E-state index in [1.807, 2.05) is 0 Å². The molecule has 1 aliphatic rings. The third kappa shape index (κ3) is 2.34. The average molecular weight is 308 g/mol. The van der Waals surface area contributed by atoms with Crippen LogP contribution in [0.3, 0.4) is 0 Å². The van der Waals surface area contributed by atoms with E-state index in [0.717, 1.165) is 53.3 Å². The topological polar surface area (TPSA) is 83.1 Å². The zero-order chi connectivity index (χ0) is 15.8. The molecule has 0 amide bonds. The fraction of sp³-hybridized carbons (Fsp3) is 0.412. The standard InChI is InChI=1S/C17H20N6/c1-3-12-10(2)16(22-20-12)14-8-18-9-15(19-14)17-11-6-4-5-7-13(11)21-23-17/h8-9H,3-7H2,1-2H3,(H,20,22)(H,21,23). The number of H-pyrrole nitrogens is 2. The van der Waals surface area contributed by atoms with E-state index in [9.17, 15) is 0 Å². The maximum Gasteiger partial charge on any atom is 0.116 e. The van der Waals surface area contributed by atoms with Gasteiger partial charge in [-0.15, -0.1) is 0 Å². The normalized spacial score (nSPS) is 14.0. The minimum atomic E-state index is 0.795. The summed E-state index contributed by atoms with van der Waals surface area (Å²) in [7, 11) is 0. The molecule has 0 unspecified atom stereocenters. The molecule has 3 heterocycles. The highest BCUT2D eigenvalue weighted by atomic mass is 15.1. The smallest absolute Gasteiger partial charge is 0.116 e. The zero-order valence-corrected chi connectivity index (χ0v) is 13.5. The molecule has 0 aromatic carbocycles. The van der Waals surface area contributed by atoms with Gasteiger partial charge in [-0.05, 0) is 44.6 Å². The summed E-state index contributed by atoms with van der Waals surface area (Å²) < 4.78 is 0. The van der Waals surface area contributed by atoms with Crippen molar-refractivity contribution in [1.82, 2.24) is 30.4 Å². The predicted molar refractivity (Wildman–Crippen MR) is 88.0 cm³/mol. The first-order valence-corrected chi connectivity index (χ1v) is 8.20. The van der Waals surface area contributed by atoms with E-state index >= 15 is 0 Å². The van der Waals surface area contributed by atoms with Crippen LogP contribution in [0.4, 0.5) is 0 Å². The van der Waals surface area contributed by atoms with Crippen LogP contribution in [0.25, 0.3) is 22.8 Å². The monoisotopic (exact) mass is 308 g/mol. The van der Waals surface area contributed by atoms with Gasteiger partial charge in [-0.25, -0.2) is 4.98 Å². The molecular formula is C17H20N6. The summed E-state index contributed by atoms with van der Waals surface area (Å²) in [4.78, 5) is 9.15. The van der Waals surface area contributed by atoms with Gasteiger partial charge in [0, 0.05) is 17.0 Å². The lowest BCUT2D eigenvalue weighted by atomic mass is 9.95. The van der Waals surface area contributed by atoms with Crippen LogP contribution in [0.5, 0.6) is 0 Å². The van der Waals surface area contributed by atoms with Gasteiger partial charge in [0.2, 0.25) is 0 Å². The lowest BCUT2D eigenvalue weighted by molar-refractivity contribution is 0.675. The summed E-state index contributed by atoms with van der Waals surface area (Å²) in [5, 5.41) is 15.2. The van der Waals surface area contributed by atoms with Gasteiger partial charge in [-0.3, -0.25) is 15.2 Å². The van der Waals surface area contributed by atoms with Crippen LogP contribution in [-0.2, 0) is 19.3 Å². The number of aromatic nitrogens is 6. The Labute approximate surface area is 134 Å². The van der Waals surface area contributed by atoms with Crippen molar-refractivity contribution in [1.29, 1.82) is 0 Å². The average Bonchev–Trinajstić information content (AvgIpc) is 3.18. The molecular weight excluding hydrogens is 288 g/mol. The predicted octanol–water partition coefficient (Wildman–Crippen LogP) is 3.01. The number of nitrogens with one attached hydrogen (secondary N) is 2. The van der Waals surface area contributed by atoms with Crippen LogP contribution < -0.4 is 0 Å². The number of rotatable bonds is 3.